The average molecular weight is 410 g/mol. The Morgan fingerprint density at radius 2 is 1.93 bits per heavy atom. The van der Waals surface area contributed by atoms with Crippen LogP contribution in [-0.4, -0.2) is 49.0 Å². The van der Waals surface area contributed by atoms with E-state index >= 15 is 0 Å². The fourth-order valence-electron chi connectivity index (χ4n) is 3.73. The van der Waals surface area contributed by atoms with Crippen molar-refractivity contribution in [2.45, 2.75) is 19.1 Å². The molecule has 3 aromatic rings. The van der Waals surface area contributed by atoms with E-state index in [0.29, 0.717) is 35.4 Å². The summed E-state index contributed by atoms with van der Waals surface area (Å²) in [6.07, 6.45) is -1.00. The van der Waals surface area contributed by atoms with Crippen molar-refractivity contribution in [2.24, 2.45) is 0 Å². The van der Waals surface area contributed by atoms with Gasteiger partial charge in [0.15, 0.2) is 0 Å². The molecule has 2 N–H and O–H groups in total. The zero-order chi connectivity index (χ0) is 21.3. The second-order valence-corrected chi connectivity index (χ2v) is 7.05. The molecule has 2 heterocycles. The quantitative estimate of drug-likeness (QED) is 0.641. The lowest BCUT2D eigenvalue weighted by Crippen LogP contribution is -2.42. The van der Waals surface area contributed by atoms with Crippen LogP contribution < -0.4 is 9.64 Å². The van der Waals surface area contributed by atoms with Crippen LogP contribution >= 0.6 is 0 Å². The maximum Gasteiger partial charge on any atom is 0.414 e. The van der Waals surface area contributed by atoms with Crippen LogP contribution in [0.15, 0.2) is 42.5 Å². The number of H-pyrrole nitrogens is 1. The van der Waals surface area contributed by atoms with E-state index in [-0.39, 0.29) is 12.2 Å². The van der Waals surface area contributed by atoms with E-state index < -0.39 is 18.2 Å². The third-order valence-electron chi connectivity index (χ3n) is 5.13. The number of benzene rings is 2. The first kappa shape index (κ1) is 19.8. The Hall–Kier alpha value is -3.52. The van der Waals surface area contributed by atoms with E-state index in [4.69, 9.17) is 14.2 Å². The lowest BCUT2D eigenvalue weighted by atomic mass is 9.96. The number of aromatic amines is 1. The molecule has 8 nitrogen and oxygen atoms in total. The molecule has 1 amide bonds. The summed E-state index contributed by atoms with van der Waals surface area (Å²) in [5.74, 6) is -0.0387. The summed E-state index contributed by atoms with van der Waals surface area (Å²) in [7, 11) is 2.60. The van der Waals surface area contributed by atoms with Crippen LogP contribution in [-0.2, 0) is 22.5 Å². The number of methoxy groups -OCH3 is 2. The summed E-state index contributed by atoms with van der Waals surface area (Å²) in [5.41, 5.74) is 3.15. The Labute approximate surface area is 173 Å². The fraction of sp³-hybridized carbons (Fsp3) is 0.273. The molecule has 0 saturated heterocycles. The molecule has 1 aromatic heterocycles. The van der Waals surface area contributed by atoms with Gasteiger partial charge in [0, 0.05) is 17.9 Å². The molecule has 0 radical (unpaired) electrons. The zero-order valence-corrected chi connectivity index (χ0v) is 16.7. The van der Waals surface area contributed by atoms with Crippen LogP contribution in [0, 0.1) is 0 Å². The molecular weight excluding hydrogens is 388 g/mol. The van der Waals surface area contributed by atoms with Gasteiger partial charge in [-0.15, -0.1) is 0 Å². The number of ether oxygens (including phenoxy) is 3. The molecule has 0 spiro atoms. The number of aromatic nitrogens is 1. The van der Waals surface area contributed by atoms with Gasteiger partial charge < -0.3 is 24.3 Å². The molecule has 8 heteroatoms. The van der Waals surface area contributed by atoms with E-state index in [1.165, 1.54) is 19.1 Å². The first-order chi connectivity index (χ1) is 14.5. The van der Waals surface area contributed by atoms with Gasteiger partial charge in [0.05, 0.1) is 38.1 Å². The van der Waals surface area contributed by atoms with Gasteiger partial charge in [0.2, 0.25) is 0 Å². The summed E-state index contributed by atoms with van der Waals surface area (Å²) >= 11 is 0. The van der Waals surface area contributed by atoms with Crippen molar-refractivity contribution in [3.8, 4) is 5.75 Å². The van der Waals surface area contributed by atoms with E-state index in [0.717, 1.165) is 11.1 Å². The molecule has 30 heavy (non-hydrogen) atoms. The highest BCUT2D eigenvalue weighted by Gasteiger charge is 2.31. The van der Waals surface area contributed by atoms with E-state index in [9.17, 15) is 14.7 Å². The minimum absolute atomic E-state index is 0.109. The van der Waals surface area contributed by atoms with Gasteiger partial charge in [0.25, 0.3) is 0 Å². The van der Waals surface area contributed by atoms with Gasteiger partial charge in [-0.25, -0.2) is 9.59 Å². The highest BCUT2D eigenvalue weighted by Crippen LogP contribution is 2.40. The van der Waals surface area contributed by atoms with Crippen LogP contribution in [0.1, 0.15) is 21.6 Å². The number of aliphatic hydroxyl groups is 1. The minimum Gasteiger partial charge on any atom is -0.487 e. The van der Waals surface area contributed by atoms with Gasteiger partial charge in [0.1, 0.15) is 18.1 Å². The Morgan fingerprint density at radius 1 is 1.17 bits per heavy atom. The number of β-amino-alcohol motifs (C(OH)–C–C–N with tert-alkyl or cyclic N) is 1. The molecule has 0 fully saturated rings. The summed E-state index contributed by atoms with van der Waals surface area (Å²) in [6, 6.07) is 13.1. The number of anilines is 1. The highest BCUT2D eigenvalue weighted by molar-refractivity contribution is 6.03. The van der Waals surface area contributed by atoms with Crippen molar-refractivity contribution in [3.05, 3.63) is 59.3 Å². The highest BCUT2D eigenvalue weighted by atomic mass is 16.5. The maximum atomic E-state index is 12.3. The molecule has 0 unspecified atom stereocenters. The van der Waals surface area contributed by atoms with Gasteiger partial charge in [-0.3, -0.25) is 4.90 Å². The standard InChI is InChI=1S/C22H22N2O6/c1-28-21(26)17-9-16-15-8-14(25)11-24(22(27)29-2)18(15)10-19(20(16)23-17)30-12-13-6-4-3-5-7-13/h3-7,9-10,14,23,25H,8,11-12H2,1-2H3/t14-/m1/s1. The van der Waals surface area contributed by atoms with Gasteiger partial charge >= 0.3 is 12.1 Å². The number of amides is 1. The summed E-state index contributed by atoms with van der Waals surface area (Å²) < 4.78 is 15.8. The predicted octanol–water partition coefficient (Wildman–Crippen LogP) is 3.02. The van der Waals surface area contributed by atoms with Crippen LogP contribution in [0.5, 0.6) is 5.75 Å². The van der Waals surface area contributed by atoms with Crippen molar-refractivity contribution in [1.29, 1.82) is 0 Å². The molecular formula is C22H22N2O6. The second kappa shape index (κ2) is 8.08. The number of carbonyl (C=O) groups is 2. The lowest BCUT2D eigenvalue weighted by Gasteiger charge is -2.32. The van der Waals surface area contributed by atoms with Crippen molar-refractivity contribution in [2.75, 3.05) is 25.7 Å². The van der Waals surface area contributed by atoms with E-state index in [1.54, 1.807) is 12.1 Å². The molecule has 4 rings (SSSR count). The third kappa shape index (κ3) is 3.57. The molecule has 1 aliphatic heterocycles. The van der Waals surface area contributed by atoms with Crippen LogP contribution in [0.25, 0.3) is 10.9 Å². The van der Waals surface area contributed by atoms with Crippen molar-refractivity contribution < 1.29 is 28.9 Å². The van der Waals surface area contributed by atoms with Crippen LogP contribution in [0.4, 0.5) is 10.5 Å². The monoisotopic (exact) mass is 410 g/mol. The summed E-state index contributed by atoms with van der Waals surface area (Å²) in [5, 5.41) is 11.0. The number of aliphatic hydroxyl groups excluding tert-OH is 1. The van der Waals surface area contributed by atoms with Gasteiger partial charge in [-0.2, -0.15) is 0 Å². The molecule has 156 valence electrons. The van der Waals surface area contributed by atoms with Crippen LogP contribution in [0.2, 0.25) is 0 Å². The normalized spacial score (nSPS) is 15.6. The number of esters is 1. The molecule has 2 aromatic carbocycles. The van der Waals surface area contributed by atoms with Crippen molar-refractivity contribution in [1.82, 2.24) is 4.98 Å². The largest absolute Gasteiger partial charge is 0.487 e. The SMILES string of the molecule is COC(=O)c1cc2c3c(cc(OCc4ccccc4)c2[nH]1)N(C(=O)OC)C[C@H](O)C3. The Balaban J connectivity index is 1.85. The summed E-state index contributed by atoms with van der Waals surface area (Å²) in [4.78, 5) is 28.9. The fourth-order valence-corrected chi connectivity index (χ4v) is 3.73. The average Bonchev–Trinajstić information content (AvgIpc) is 3.23. The first-order valence-electron chi connectivity index (χ1n) is 9.49. The number of rotatable bonds is 4. The number of nitrogens with one attached hydrogen (secondary N) is 1. The Kier molecular flexibility index (Phi) is 5.33. The van der Waals surface area contributed by atoms with E-state index in [1.807, 2.05) is 30.3 Å². The zero-order valence-electron chi connectivity index (χ0n) is 16.7. The van der Waals surface area contributed by atoms with Gasteiger partial charge in [-0.05, 0) is 17.2 Å². The number of hydrogen-bond acceptors (Lipinski definition) is 6. The second-order valence-electron chi connectivity index (χ2n) is 7.05. The molecule has 1 atom stereocenters. The Bertz CT molecular complexity index is 1090. The van der Waals surface area contributed by atoms with Crippen molar-refractivity contribution >= 4 is 28.7 Å². The number of fused-ring (bicyclic) bond motifs is 3. The Morgan fingerprint density at radius 3 is 2.63 bits per heavy atom. The topological polar surface area (TPSA) is 101 Å². The number of carbonyl (C=O) groups excluding carboxylic acids is 2. The number of nitrogens with zero attached hydrogens (tertiary/aromatic N) is 1. The van der Waals surface area contributed by atoms with Crippen molar-refractivity contribution in [3.63, 3.8) is 0 Å². The molecule has 0 saturated carbocycles. The predicted molar refractivity (Wildman–Crippen MR) is 110 cm³/mol. The smallest absolute Gasteiger partial charge is 0.414 e. The van der Waals surface area contributed by atoms with Crippen LogP contribution in [0.3, 0.4) is 0 Å². The lowest BCUT2D eigenvalue weighted by molar-refractivity contribution is 0.0595. The van der Waals surface area contributed by atoms with E-state index in [2.05, 4.69) is 4.98 Å². The molecule has 1 aliphatic rings. The van der Waals surface area contributed by atoms with Gasteiger partial charge in [-0.1, -0.05) is 30.3 Å². The first-order valence-corrected chi connectivity index (χ1v) is 9.49. The molecule has 0 bridgehead atoms. The molecule has 0 aliphatic carbocycles. The maximum absolute atomic E-state index is 12.3. The summed E-state index contributed by atoms with van der Waals surface area (Å²) in [6.45, 7) is 0.416. The minimum atomic E-state index is -0.757. The third-order valence-corrected chi connectivity index (χ3v) is 5.13. The number of hydrogen-bond donors (Lipinski definition) is 2.